The molecule has 322 valence electrons. The van der Waals surface area contributed by atoms with Crippen molar-refractivity contribution in [2.45, 2.75) is 114 Å². The summed E-state index contributed by atoms with van der Waals surface area (Å²) in [7, 11) is 4.10. The van der Waals surface area contributed by atoms with Crippen molar-refractivity contribution in [2.24, 2.45) is 16.8 Å². The van der Waals surface area contributed by atoms with Gasteiger partial charge in [-0.25, -0.2) is 14.6 Å². The molecule has 61 heavy (non-hydrogen) atoms. The highest BCUT2D eigenvalue weighted by molar-refractivity contribution is 6.05. The summed E-state index contributed by atoms with van der Waals surface area (Å²) in [5.41, 5.74) is 6.57. The maximum absolute atomic E-state index is 14.1. The van der Waals surface area contributed by atoms with Crippen LogP contribution in [-0.4, -0.2) is 114 Å². The number of rotatable bonds is 10. The van der Waals surface area contributed by atoms with Crippen molar-refractivity contribution in [2.75, 3.05) is 27.9 Å². The number of aromatic nitrogens is 2. The maximum atomic E-state index is 14.1. The number of aryl methyl sites for hydroxylation is 1. The van der Waals surface area contributed by atoms with Crippen molar-refractivity contribution in [3.05, 3.63) is 65.5 Å². The second-order valence-corrected chi connectivity index (χ2v) is 17.7. The molecule has 4 amide bonds. The number of benzene rings is 3. The monoisotopic (exact) mass is 832 g/mol. The van der Waals surface area contributed by atoms with Crippen LogP contribution < -0.4 is 16.0 Å². The Morgan fingerprint density at radius 3 is 2.36 bits per heavy atom. The molecule has 4 N–H and O–H groups in total. The van der Waals surface area contributed by atoms with E-state index in [0.717, 1.165) is 89.5 Å². The zero-order valence-corrected chi connectivity index (χ0v) is 35.7. The lowest BCUT2D eigenvalue weighted by Gasteiger charge is -2.38. The zero-order chi connectivity index (χ0) is 42.7. The number of aromatic amines is 1. The quantitative estimate of drug-likeness (QED) is 0.151. The van der Waals surface area contributed by atoms with Gasteiger partial charge in [-0.15, -0.1) is 0 Å². The average Bonchev–Trinajstić information content (AvgIpc) is 4.13. The van der Waals surface area contributed by atoms with Crippen LogP contribution in [0.3, 0.4) is 0 Å². The van der Waals surface area contributed by atoms with E-state index in [-0.39, 0.29) is 47.9 Å². The van der Waals surface area contributed by atoms with Gasteiger partial charge in [0.05, 0.1) is 55.5 Å². The van der Waals surface area contributed by atoms with Crippen LogP contribution in [0.5, 0.6) is 0 Å². The number of carbonyl (C=O) groups is 4. The molecule has 0 spiro atoms. The summed E-state index contributed by atoms with van der Waals surface area (Å²) in [5, 5.41) is 11.4. The van der Waals surface area contributed by atoms with Gasteiger partial charge in [-0.2, -0.15) is 0 Å². The standard InChI is InChI=1S/C46H56N8O7/c1-23(2)36(51-45(57)60-5)44(56)54-30-14-9-29(22-30)40(54)42-48-34-18-13-28-21-26(11-16-32(28)39(34)50-42)25-10-15-31-27(20-25)12-17-33-38(31)49-41(47-33)35-8-7-19-53(35)43(55)37(24(3)59-4)52-46(58)61-6/h10-12,15-17,20-21,23-24,29-30,34-37,39-40H,7-9,13-14,18-19,22H2,1-6H3,(H,47,49)(H,48,50)(H,51,57)(H,52,58)/t24-,29+,30-,34?,35+,36+,37+,39?,40+/m1/s1. The van der Waals surface area contributed by atoms with Gasteiger partial charge in [-0.3, -0.25) is 14.6 Å². The SMILES string of the molecule is COC(=O)N[C@H](C(=O)N1[C@@H]2CC[C@@H](C2)[C@H]1C1=NC2CCc3cc(-c4ccc5c(ccc6nc([C@@H]7CCCN7C(=O)[C@@H](NC(=O)OC)[C@@H](C)OC)[nH]c65)c4)ccc3C2N1)C(C)C. The van der Waals surface area contributed by atoms with E-state index in [1.165, 1.54) is 32.5 Å². The summed E-state index contributed by atoms with van der Waals surface area (Å²) in [6, 6.07) is 15.7. The van der Waals surface area contributed by atoms with Gasteiger partial charge in [0.25, 0.3) is 0 Å². The first-order valence-electron chi connectivity index (χ1n) is 21.7. The number of aliphatic imine (C=N–C) groups is 1. The number of nitrogens with zero attached hydrogens (tertiary/aromatic N) is 4. The van der Waals surface area contributed by atoms with Crippen LogP contribution in [0.2, 0.25) is 0 Å². The molecule has 4 heterocycles. The van der Waals surface area contributed by atoms with E-state index in [0.29, 0.717) is 12.5 Å². The Hall–Kier alpha value is -5.70. The number of hydrogen-bond donors (Lipinski definition) is 4. The van der Waals surface area contributed by atoms with Crippen molar-refractivity contribution < 1.29 is 33.4 Å². The van der Waals surface area contributed by atoms with E-state index in [1.807, 2.05) is 24.8 Å². The summed E-state index contributed by atoms with van der Waals surface area (Å²) in [6.45, 7) is 6.19. The first kappa shape index (κ1) is 40.7. The number of amidine groups is 1. The summed E-state index contributed by atoms with van der Waals surface area (Å²) < 4.78 is 15.1. The second kappa shape index (κ2) is 16.3. The molecule has 9 rings (SSSR count). The zero-order valence-electron chi connectivity index (χ0n) is 35.7. The molecular weight excluding hydrogens is 777 g/mol. The molecule has 0 radical (unpaired) electrons. The molecule has 2 saturated heterocycles. The van der Waals surface area contributed by atoms with Gasteiger partial charge < -0.3 is 44.9 Å². The van der Waals surface area contributed by atoms with E-state index >= 15 is 0 Å². The van der Waals surface area contributed by atoms with Gasteiger partial charge in [-0.1, -0.05) is 50.2 Å². The minimum absolute atomic E-state index is 0.0434. The number of alkyl carbamates (subject to hydrolysis) is 2. The van der Waals surface area contributed by atoms with Gasteiger partial charge >= 0.3 is 12.2 Å². The van der Waals surface area contributed by atoms with E-state index in [4.69, 9.17) is 24.2 Å². The molecule has 2 aliphatic carbocycles. The van der Waals surface area contributed by atoms with E-state index in [1.54, 1.807) is 11.8 Å². The average molecular weight is 833 g/mol. The number of likely N-dealkylation sites (tertiary alicyclic amines) is 2. The van der Waals surface area contributed by atoms with Crippen molar-refractivity contribution in [3.8, 4) is 11.1 Å². The van der Waals surface area contributed by atoms with Gasteiger partial charge in [0.2, 0.25) is 11.8 Å². The third kappa shape index (κ3) is 7.23. The maximum Gasteiger partial charge on any atom is 0.407 e. The Bertz CT molecular complexity index is 2410. The second-order valence-electron chi connectivity index (χ2n) is 17.7. The predicted molar refractivity (Wildman–Crippen MR) is 230 cm³/mol. The molecule has 2 bridgehead atoms. The van der Waals surface area contributed by atoms with Crippen LogP contribution in [0, 0.1) is 11.8 Å². The number of fused-ring (bicyclic) bond motifs is 8. The molecular formula is C46H56N8O7. The molecule has 5 aliphatic rings. The predicted octanol–water partition coefficient (Wildman–Crippen LogP) is 5.92. The third-order valence-electron chi connectivity index (χ3n) is 13.9. The molecule has 9 atom stereocenters. The molecule has 3 fully saturated rings. The van der Waals surface area contributed by atoms with Crippen LogP contribution in [0.4, 0.5) is 9.59 Å². The molecule has 15 nitrogen and oxygen atoms in total. The minimum Gasteiger partial charge on any atom is -0.453 e. The summed E-state index contributed by atoms with van der Waals surface area (Å²) in [6.07, 6.45) is 4.55. The van der Waals surface area contributed by atoms with E-state index in [9.17, 15) is 19.2 Å². The van der Waals surface area contributed by atoms with E-state index in [2.05, 4.69) is 63.4 Å². The van der Waals surface area contributed by atoms with Crippen molar-refractivity contribution in [3.63, 3.8) is 0 Å². The van der Waals surface area contributed by atoms with Gasteiger partial charge in [0.15, 0.2) is 0 Å². The molecule has 3 aliphatic heterocycles. The third-order valence-corrected chi connectivity index (χ3v) is 13.9. The molecule has 2 unspecified atom stereocenters. The lowest BCUT2D eigenvalue weighted by molar-refractivity contribution is -0.138. The fraction of sp³-hybridized carbons (Fsp3) is 0.522. The number of H-pyrrole nitrogens is 1. The summed E-state index contributed by atoms with van der Waals surface area (Å²) >= 11 is 0. The lowest BCUT2D eigenvalue weighted by atomic mass is 9.83. The topological polar surface area (TPSA) is 180 Å². The number of ether oxygens (including phenoxy) is 3. The number of methoxy groups -OCH3 is 3. The van der Waals surface area contributed by atoms with Crippen LogP contribution in [0.15, 0.2) is 53.5 Å². The Labute approximate surface area is 355 Å². The van der Waals surface area contributed by atoms with Crippen molar-refractivity contribution >= 4 is 51.6 Å². The number of imidazole rings is 1. The highest BCUT2D eigenvalue weighted by Gasteiger charge is 2.53. The largest absolute Gasteiger partial charge is 0.453 e. The highest BCUT2D eigenvalue weighted by Crippen LogP contribution is 2.46. The van der Waals surface area contributed by atoms with Crippen molar-refractivity contribution in [1.82, 2.24) is 35.7 Å². The van der Waals surface area contributed by atoms with Crippen LogP contribution >= 0.6 is 0 Å². The minimum atomic E-state index is -0.899. The first-order valence-corrected chi connectivity index (χ1v) is 21.7. The first-order chi connectivity index (χ1) is 29.5. The van der Waals surface area contributed by atoms with Gasteiger partial charge in [0.1, 0.15) is 23.7 Å². The van der Waals surface area contributed by atoms with Crippen molar-refractivity contribution in [1.29, 1.82) is 0 Å². The highest BCUT2D eigenvalue weighted by atomic mass is 16.5. The number of carbonyl (C=O) groups excluding carboxylic acids is 4. The normalized spacial score (nSPS) is 25.5. The lowest BCUT2D eigenvalue weighted by Crippen LogP contribution is -2.59. The van der Waals surface area contributed by atoms with E-state index < -0.39 is 30.4 Å². The molecule has 3 aromatic carbocycles. The van der Waals surface area contributed by atoms with Gasteiger partial charge in [-0.05, 0) is 103 Å². The Balaban J connectivity index is 0.930. The van der Waals surface area contributed by atoms with Crippen LogP contribution in [0.1, 0.15) is 88.3 Å². The molecule has 1 aromatic heterocycles. The smallest absolute Gasteiger partial charge is 0.407 e. The Morgan fingerprint density at radius 2 is 1.61 bits per heavy atom. The fourth-order valence-corrected chi connectivity index (χ4v) is 10.7. The van der Waals surface area contributed by atoms with Gasteiger partial charge in [0, 0.05) is 25.1 Å². The Kier molecular flexibility index (Phi) is 10.9. The summed E-state index contributed by atoms with van der Waals surface area (Å²) in [4.78, 5) is 69.9. The molecule has 1 saturated carbocycles. The molecule has 15 heteroatoms. The number of piperidine rings is 1. The van der Waals surface area contributed by atoms with Crippen LogP contribution in [-0.2, 0) is 30.2 Å². The van der Waals surface area contributed by atoms with Crippen LogP contribution in [0.25, 0.3) is 32.9 Å². The Morgan fingerprint density at radius 1 is 0.852 bits per heavy atom. The summed E-state index contributed by atoms with van der Waals surface area (Å²) in [5.74, 6) is 1.58. The number of hydrogen-bond acceptors (Lipinski definition) is 10. The molecule has 4 aromatic rings. The number of amides is 4. The number of nitrogens with one attached hydrogen (secondary N) is 4. The fourth-order valence-electron chi connectivity index (χ4n) is 10.7.